The third-order valence-corrected chi connectivity index (χ3v) is 6.44. The monoisotopic (exact) mass is 385 g/mol. The minimum Gasteiger partial charge on any atom is -0.494 e. The summed E-state index contributed by atoms with van der Waals surface area (Å²) in [5, 5.41) is 3.21. The topological polar surface area (TPSA) is 44.8 Å². The number of nitrogens with zero attached hydrogens (tertiary/aromatic N) is 2. The van der Waals surface area contributed by atoms with Gasteiger partial charge in [-0.3, -0.25) is 14.6 Å². The SMILES string of the molecule is CCOc1cccc(CN2CCC(N3CCC[C@H](C(=O)NC4CC4)C3)CC2)c1. The highest BCUT2D eigenvalue weighted by Crippen LogP contribution is 2.26. The molecule has 1 N–H and O–H groups in total. The maximum Gasteiger partial charge on any atom is 0.224 e. The number of rotatable bonds is 7. The number of nitrogens with one attached hydrogen (secondary N) is 1. The van der Waals surface area contributed by atoms with Crippen LogP contribution in [0.2, 0.25) is 0 Å². The zero-order valence-corrected chi connectivity index (χ0v) is 17.2. The molecule has 5 nitrogen and oxygen atoms in total. The largest absolute Gasteiger partial charge is 0.494 e. The summed E-state index contributed by atoms with van der Waals surface area (Å²) in [6, 6.07) is 9.61. The molecular weight excluding hydrogens is 350 g/mol. The van der Waals surface area contributed by atoms with Crippen molar-refractivity contribution in [2.45, 2.75) is 64.1 Å². The standard InChI is InChI=1S/C23H35N3O2/c1-2-28-22-7-3-5-18(15-22)16-25-13-10-21(11-14-25)26-12-4-6-19(17-26)23(27)24-20-8-9-20/h3,5,7,15,19-21H,2,4,6,8-14,16-17H2,1H3,(H,24,27)/t19-/m0/s1. The van der Waals surface area contributed by atoms with E-state index in [4.69, 9.17) is 4.74 Å². The van der Waals surface area contributed by atoms with Gasteiger partial charge < -0.3 is 10.1 Å². The van der Waals surface area contributed by atoms with E-state index in [1.54, 1.807) is 0 Å². The number of ether oxygens (including phenoxy) is 1. The van der Waals surface area contributed by atoms with Crippen molar-refractivity contribution in [3.63, 3.8) is 0 Å². The summed E-state index contributed by atoms with van der Waals surface area (Å²) in [6.45, 7) is 8.13. The molecule has 2 heterocycles. The molecule has 1 aromatic carbocycles. The normalized spacial score (nSPS) is 24.8. The number of benzene rings is 1. The van der Waals surface area contributed by atoms with Gasteiger partial charge in [0.1, 0.15) is 5.75 Å². The Morgan fingerprint density at radius 2 is 1.96 bits per heavy atom. The summed E-state index contributed by atoms with van der Waals surface area (Å²) in [5.41, 5.74) is 1.33. The van der Waals surface area contributed by atoms with Crippen LogP contribution in [0.3, 0.4) is 0 Å². The van der Waals surface area contributed by atoms with Crippen molar-refractivity contribution < 1.29 is 9.53 Å². The Kier molecular flexibility index (Phi) is 6.53. The minimum absolute atomic E-state index is 0.202. The van der Waals surface area contributed by atoms with E-state index in [9.17, 15) is 4.79 Å². The van der Waals surface area contributed by atoms with Gasteiger partial charge in [0.2, 0.25) is 5.91 Å². The van der Waals surface area contributed by atoms with E-state index in [1.807, 2.05) is 13.0 Å². The first kappa shape index (κ1) is 19.7. The van der Waals surface area contributed by atoms with Crippen LogP contribution in [0.25, 0.3) is 0 Å². The van der Waals surface area contributed by atoms with Crippen molar-refractivity contribution in [2.24, 2.45) is 5.92 Å². The Morgan fingerprint density at radius 1 is 1.14 bits per heavy atom. The molecule has 1 aliphatic carbocycles. The Labute approximate surface area is 169 Å². The summed E-state index contributed by atoms with van der Waals surface area (Å²) < 4.78 is 5.63. The van der Waals surface area contributed by atoms with E-state index < -0.39 is 0 Å². The second-order valence-electron chi connectivity index (χ2n) is 8.70. The Morgan fingerprint density at radius 3 is 2.71 bits per heavy atom. The van der Waals surface area contributed by atoms with Crippen LogP contribution in [0.5, 0.6) is 5.75 Å². The van der Waals surface area contributed by atoms with E-state index in [0.29, 0.717) is 24.6 Å². The fraction of sp³-hybridized carbons (Fsp3) is 0.696. The van der Waals surface area contributed by atoms with Gasteiger partial charge in [-0.25, -0.2) is 0 Å². The smallest absolute Gasteiger partial charge is 0.224 e. The Hall–Kier alpha value is -1.59. The highest BCUT2D eigenvalue weighted by Gasteiger charge is 2.33. The molecule has 1 saturated carbocycles. The van der Waals surface area contributed by atoms with Crippen LogP contribution < -0.4 is 10.1 Å². The fourth-order valence-corrected chi connectivity index (χ4v) is 4.70. The van der Waals surface area contributed by atoms with E-state index in [2.05, 4.69) is 33.3 Å². The molecule has 3 aliphatic rings. The lowest BCUT2D eigenvalue weighted by atomic mass is 9.93. The lowest BCUT2D eigenvalue weighted by molar-refractivity contribution is -0.127. The van der Waals surface area contributed by atoms with Gasteiger partial charge in [-0.1, -0.05) is 12.1 Å². The van der Waals surface area contributed by atoms with Crippen LogP contribution in [-0.2, 0) is 11.3 Å². The number of amides is 1. The molecule has 1 amide bonds. The van der Waals surface area contributed by atoms with Crippen LogP contribution in [0.15, 0.2) is 24.3 Å². The first-order valence-electron chi connectivity index (χ1n) is 11.2. The first-order chi connectivity index (χ1) is 13.7. The molecule has 0 aromatic heterocycles. The zero-order chi connectivity index (χ0) is 19.3. The minimum atomic E-state index is 0.202. The van der Waals surface area contributed by atoms with Gasteiger partial charge >= 0.3 is 0 Å². The first-order valence-corrected chi connectivity index (χ1v) is 11.2. The molecule has 4 rings (SSSR count). The molecule has 1 atom stereocenters. The lowest BCUT2D eigenvalue weighted by Crippen LogP contribution is -2.50. The van der Waals surface area contributed by atoms with E-state index in [-0.39, 0.29) is 5.92 Å². The number of carbonyl (C=O) groups is 1. The Bertz CT molecular complexity index is 653. The molecule has 0 radical (unpaired) electrons. The van der Waals surface area contributed by atoms with Gasteiger partial charge in [0.05, 0.1) is 12.5 Å². The molecular formula is C23H35N3O2. The fourth-order valence-electron chi connectivity index (χ4n) is 4.70. The number of likely N-dealkylation sites (tertiary alicyclic amines) is 2. The summed E-state index contributed by atoms with van der Waals surface area (Å²) in [6.07, 6.45) is 6.99. The van der Waals surface area contributed by atoms with Crippen LogP contribution in [0, 0.1) is 5.92 Å². The second kappa shape index (κ2) is 9.27. The quantitative estimate of drug-likeness (QED) is 0.784. The van der Waals surface area contributed by atoms with Gasteiger partial charge in [-0.2, -0.15) is 0 Å². The second-order valence-corrected chi connectivity index (χ2v) is 8.70. The van der Waals surface area contributed by atoms with Crippen molar-refractivity contribution in [1.29, 1.82) is 0 Å². The van der Waals surface area contributed by atoms with Crippen molar-refractivity contribution in [3.05, 3.63) is 29.8 Å². The molecule has 5 heteroatoms. The molecule has 2 saturated heterocycles. The van der Waals surface area contributed by atoms with Crippen molar-refractivity contribution in [2.75, 3.05) is 32.8 Å². The predicted molar refractivity (Wildman–Crippen MR) is 111 cm³/mol. The van der Waals surface area contributed by atoms with Gasteiger partial charge in [0, 0.05) is 25.2 Å². The molecule has 0 unspecified atom stereocenters. The number of piperidine rings is 2. The molecule has 28 heavy (non-hydrogen) atoms. The summed E-state index contributed by atoms with van der Waals surface area (Å²) in [4.78, 5) is 17.6. The van der Waals surface area contributed by atoms with Gasteiger partial charge in [-0.15, -0.1) is 0 Å². The summed E-state index contributed by atoms with van der Waals surface area (Å²) in [7, 11) is 0. The van der Waals surface area contributed by atoms with E-state index in [0.717, 1.165) is 51.3 Å². The molecule has 2 aliphatic heterocycles. The van der Waals surface area contributed by atoms with E-state index >= 15 is 0 Å². The lowest BCUT2D eigenvalue weighted by Gasteiger charge is -2.42. The molecule has 0 bridgehead atoms. The van der Waals surface area contributed by atoms with E-state index in [1.165, 1.54) is 31.2 Å². The maximum atomic E-state index is 12.4. The molecule has 0 spiro atoms. The average molecular weight is 386 g/mol. The zero-order valence-electron chi connectivity index (χ0n) is 17.2. The number of hydrogen-bond donors (Lipinski definition) is 1. The average Bonchev–Trinajstić information content (AvgIpc) is 3.53. The third-order valence-electron chi connectivity index (χ3n) is 6.44. The van der Waals surface area contributed by atoms with Crippen LogP contribution >= 0.6 is 0 Å². The van der Waals surface area contributed by atoms with Crippen molar-refractivity contribution in [3.8, 4) is 5.75 Å². The highest BCUT2D eigenvalue weighted by molar-refractivity contribution is 5.79. The van der Waals surface area contributed by atoms with Gasteiger partial charge in [0.15, 0.2) is 0 Å². The Balaban J connectivity index is 1.24. The van der Waals surface area contributed by atoms with Crippen LogP contribution in [0.1, 0.15) is 51.0 Å². The summed E-state index contributed by atoms with van der Waals surface area (Å²) in [5.74, 6) is 1.48. The maximum absolute atomic E-state index is 12.4. The van der Waals surface area contributed by atoms with Crippen LogP contribution in [-0.4, -0.2) is 60.6 Å². The molecule has 154 valence electrons. The van der Waals surface area contributed by atoms with Gasteiger partial charge in [-0.05, 0) is 82.8 Å². The van der Waals surface area contributed by atoms with Gasteiger partial charge in [0.25, 0.3) is 0 Å². The number of carbonyl (C=O) groups excluding carboxylic acids is 1. The molecule has 1 aromatic rings. The number of hydrogen-bond acceptors (Lipinski definition) is 4. The summed E-state index contributed by atoms with van der Waals surface area (Å²) >= 11 is 0. The van der Waals surface area contributed by atoms with Crippen molar-refractivity contribution >= 4 is 5.91 Å². The highest BCUT2D eigenvalue weighted by atomic mass is 16.5. The van der Waals surface area contributed by atoms with Crippen molar-refractivity contribution in [1.82, 2.24) is 15.1 Å². The third kappa shape index (κ3) is 5.26. The predicted octanol–water partition coefficient (Wildman–Crippen LogP) is 3.04. The van der Waals surface area contributed by atoms with Crippen LogP contribution in [0.4, 0.5) is 0 Å². The molecule has 3 fully saturated rings.